The van der Waals surface area contributed by atoms with Crippen molar-refractivity contribution in [1.29, 1.82) is 0 Å². The molecule has 0 spiro atoms. The van der Waals surface area contributed by atoms with Crippen LogP contribution in [0.2, 0.25) is 0 Å². The second kappa shape index (κ2) is 8.91. The highest BCUT2D eigenvalue weighted by Gasteiger charge is 2.24. The molecule has 0 bridgehead atoms. The number of rotatable bonds is 5. The van der Waals surface area contributed by atoms with Crippen LogP contribution in [0.3, 0.4) is 0 Å². The van der Waals surface area contributed by atoms with Crippen molar-refractivity contribution < 1.29 is 19.1 Å². The molecule has 1 amide bonds. The van der Waals surface area contributed by atoms with Gasteiger partial charge in [-0.3, -0.25) is 9.59 Å². The molecule has 1 aliphatic heterocycles. The second-order valence-electron chi connectivity index (χ2n) is 7.22. The molecule has 1 aliphatic rings. The van der Waals surface area contributed by atoms with Crippen LogP contribution in [0.1, 0.15) is 10.5 Å². The van der Waals surface area contributed by atoms with Gasteiger partial charge in [0.2, 0.25) is 0 Å². The van der Waals surface area contributed by atoms with Gasteiger partial charge in [0.05, 0.1) is 12.8 Å². The highest BCUT2D eigenvalue weighted by atomic mass is 16.5. The van der Waals surface area contributed by atoms with Crippen LogP contribution in [0.5, 0.6) is 5.75 Å². The number of amides is 1. The van der Waals surface area contributed by atoms with Crippen LogP contribution in [-0.2, 0) is 9.53 Å². The molecular formula is C23H23N3O5. The Hall–Kier alpha value is -3.81. The Balaban J connectivity index is 1.33. The van der Waals surface area contributed by atoms with Crippen LogP contribution in [0.25, 0.3) is 10.8 Å². The van der Waals surface area contributed by atoms with Gasteiger partial charge in [-0.1, -0.05) is 30.3 Å². The van der Waals surface area contributed by atoms with Gasteiger partial charge in [0.15, 0.2) is 6.61 Å². The molecule has 1 fully saturated rings. The molecule has 1 saturated heterocycles. The van der Waals surface area contributed by atoms with Gasteiger partial charge in [0.1, 0.15) is 11.4 Å². The summed E-state index contributed by atoms with van der Waals surface area (Å²) in [5.41, 5.74) is 0.644. The molecule has 0 atom stereocenters. The molecule has 8 heteroatoms. The van der Waals surface area contributed by atoms with E-state index < -0.39 is 5.97 Å². The first-order valence-corrected chi connectivity index (χ1v) is 10.0. The fourth-order valence-electron chi connectivity index (χ4n) is 3.70. The minimum atomic E-state index is -0.733. The molecule has 8 nitrogen and oxygen atoms in total. The third-order valence-electron chi connectivity index (χ3n) is 5.36. The molecular weight excluding hydrogens is 398 g/mol. The number of aromatic nitrogens is 1. The lowest BCUT2D eigenvalue weighted by atomic mass is 10.1. The summed E-state index contributed by atoms with van der Waals surface area (Å²) in [6.45, 7) is 1.96. The van der Waals surface area contributed by atoms with Gasteiger partial charge in [-0.05, 0) is 29.7 Å². The van der Waals surface area contributed by atoms with Crippen molar-refractivity contribution in [3.05, 3.63) is 70.6 Å². The van der Waals surface area contributed by atoms with E-state index in [9.17, 15) is 14.4 Å². The highest BCUT2D eigenvalue weighted by Crippen LogP contribution is 2.28. The lowest BCUT2D eigenvalue weighted by molar-refractivity contribution is -0.134. The molecule has 0 aliphatic carbocycles. The van der Waals surface area contributed by atoms with Crippen molar-refractivity contribution >= 4 is 28.3 Å². The van der Waals surface area contributed by atoms with Crippen molar-refractivity contribution in [2.75, 3.05) is 44.8 Å². The van der Waals surface area contributed by atoms with E-state index in [1.54, 1.807) is 42.3 Å². The number of benzene rings is 2. The predicted octanol–water partition coefficient (Wildman–Crippen LogP) is 2.04. The second-order valence-corrected chi connectivity index (χ2v) is 7.22. The van der Waals surface area contributed by atoms with E-state index >= 15 is 0 Å². The number of nitrogens with zero attached hydrogens (tertiary/aromatic N) is 2. The molecule has 2 aromatic carbocycles. The number of anilines is 1. The van der Waals surface area contributed by atoms with E-state index in [0.717, 1.165) is 11.4 Å². The van der Waals surface area contributed by atoms with Crippen LogP contribution in [0, 0.1) is 0 Å². The number of ether oxygens (including phenoxy) is 2. The maximum atomic E-state index is 12.5. The van der Waals surface area contributed by atoms with Crippen molar-refractivity contribution in [3.8, 4) is 5.75 Å². The molecule has 4 rings (SSSR count). The number of hydrogen-bond donors (Lipinski definition) is 1. The first kappa shape index (κ1) is 20.5. The molecule has 2 heterocycles. The van der Waals surface area contributed by atoms with E-state index in [1.807, 2.05) is 24.3 Å². The summed E-state index contributed by atoms with van der Waals surface area (Å²) in [4.78, 5) is 43.3. The van der Waals surface area contributed by atoms with E-state index in [0.29, 0.717) is 37.0 Å². The van der Waals surface area contributed by atoms with Gasteiger partial charge in [-0.25, -0.2) is 4.79 Å². The largest absolute Gasteiger partial charge is 0.495 e. The molecule has 0 saturated carbocycles. The van der Waals surface area contributed by atoms with Crippen LogP contribution in [0.4, 0.5) is 5.69 Å². The summed E-state index contributed by atoms with van der Waals surface area (Å²) < 4.78 is 10.6. The van der Waals surface area contributed by atoms with E-state index in [-0.39, 0.29) is 23.8 Å². The number of hydrogen-bond acceptors (Lipinski definition) is 6. The summed E-state index contributed by atoms with van der Waals surface area (Å²) in [6.07, 6.45) is 0. The number of H-pyrrole nitrogens is 1. The number of fused-ring (bicyclic) bond motifs is 1. The molecule has 31 heavy (non-hydrogen) atoms. The summed E-state index contributed by atoms with van der Waals surface area (Å²) >= 11 is 0. The third kappa shape index (κ3) is 4.37. The van der Waals surface area contributed by atoms with Crippen LogP contribution < -0.4 is 15.2 Å². The fourth-order valence-corrected chi connectivity index (χ4v) is 3.70. The van der Waals surface area contributed by atoms with Gasteiger partial charge in [-0.15, -0.1) is 0 Å². The fraction of sp³-hybridized carbons (Fsp3) is 0.261. The van der Waals surface area contributed by atoms with E-state index in [2.05, 4.69) is 9.88 Å². The number of carbonyl (C=O) groups excluding carboxylic acids is 2. The quantitative estimate of drug-likeness (QED) is 0.634. The first-order valence-electron chi connectivity index (χ1n) is 10.0. The monoisotopic (exact) mass is 421 g/mol. The van der Waals surface area contributed by atoms with Crippen molar-refractivity contribution in [3.63, 3.8) is 0 Å². The van der Waals surface area contributed by atoms with Crippen molar-refractivity contribution in [2.45, 2.75) is 0 Å². The Morgan fingerprint density at radius 3 is 2.48 bits per heavy atom. The number of methoxy groups -OCH3 is 1. The SMILES string of the molecule is COc1ccccc1N1CCN(C(=O)COC(=O)c2cc3ccccc3c(=O)[nH]2)CC1. The summed E-state index contributed by atoms with van der Waals surface area (Å²) in [7, 11) is 1.63. The van der Waals surface area contributed by atoms with E-state index in [1.165, 1.54) is 0 Å². The zero-order chi connectivity index (χ0) is 21.8. The van der Waals surface area contributed by atoms with Crippen LogP contribution in [-0.4, -0.2) is 61.7 Å². The number of nitrogens with one attached hydrogen (secondary N) is 1. The highest BCUT2D eigenvalue weighted by molar-refractivity contribution is 5.94. The Labute approximate surface area is 179 Å². The first-order chi connectivity index (χ1) is 15.1. The normalized spacial score (nSPS) is 13.8. The van der Waals surface area contributed by atoms with Crippen LogP contribution >= 0.6 is 0 Å². The Morgan fingerprint density at radius 1 is 1.00 bits per heavy atom. The zero-order valence-corrected chi connectivity index (χ0v) is 17.2. The number of piperazine rings is 1. The van der Waals surface area contributed by atoms with Gasteiger partial charge in [-0.2, -0.15) is 0 Å². The number of aromatic amines is 1. The number of carbonyl (C=O) groups is 2. The summed E-state index contributed by atoms with van der Waals surface area (Å²) in [6, 6.07) is 16.3. The molecule has 160 valence electrons. The Bertz CT molecular complexity index is 1170. The minimum Gasteiger partial charge on any atom is -0.495 e. The number of pyridine rings is 1. The van der Waals surface area contributed by atoms with Gasteiger partial charge in [0.25, 0.3) is 11.5 Å². The average molecular weight is 421 g/mol. The van der Waals surface area contributed by atoms with Crippen molar-refractivity contribution in [1.82, 2.24) is 9.88 Å². The van der Waals surface area contributed by atoms with Crippen LogP contribution in [0.15, 0.2) is 59.4 Å². The lowest BCUT2D eigenvalue weighted by Crippen LogP contribution is -2.50. The Morgan fingerprint density at radius 2 is 1.71 bits per heavy atom. The topological polar surface area (TPSA) is 91.9 Å². The van der Waals surface area contributed by atoms with E-state index in [4.69, 9.17) is 9.47 Å². The smallest absolute Gasteiger partial charge is 0.355 e. The van der Waals surface area contributed by atoms with Gasteiger partial charge in [0, 0.05) is 31.6 Å². The molecule has 1 N–H and O–H groups in total. The molecule has 1 aromatic heterocycles. The maximum Gasteiger partial charge on any atom is 0.355 e. The maximum absolute atomic E-state index is 12.5. The zero-order valence-electron chi connectivity index (χ0n) is 17.2. The lowest BCUT2D eigenvalue weighted by Gasteiger charge is -2.36. The standard InChI is InChI=1S/C23H23N3O5/c1-30-20-9-5-4-8-19(20)25-10-12-26(13-11-25)21(27)15-31-23(29)18-14-16-6-2-3-7-17(16)22(28)24-18/h2-9,14H,10-13,15H2,1H3,(H,24,28). The van der Waals surface area contributed by atoms with Crippen molar-refractivity contribution in [2.24, 2.45) is 0 Å². The van der Waals surface area contributed by atoms with Gasteiger partial charge >= 0.3 is 5.97 Å². The number of esters is 1. The molecule has 0 unspecified atom stereocenters. The van der Waals surface area contributed by atoms with Gasteiger partial charge < -0.3 is 24.3 Å². The molecule has 3 aromatic rings. The summed E-state index contributed by atoms with van der Waals surface area (Å²) in [5.74, 6) is -0.208. The third-order valence-corrected chi connectivity index (χ3v) is 5.36. The summed E-state index contributed by atoms with van der Waals surface area (Å²) in [5, 5.41) is 1.13. The Kier molecular flexibility index (Phi) is 5.88. The molecule has 0 radical (unpaired) electrons. The number of para-hydroxylation sites is 2. The average Bonchev–Trinajstić information content (AvgIpc) is 2.82. The minimum absolute atomic E-state index is 0.0255. The predicted molar refractivity (Wildman–Crippen MR) is 117 cm³/mol.